The Morgan fingerprint density at radius 2 is 1.50 bits per heavy atom. The summed E-state index contributed by atoms with van der Waals surface area (Å²) in [4.78, 5) is 41.4. The van der Waals surface area contributed by atoms with E-state index in [-0.39, 0.29) is 23.8 Å². The van der Waals surface area contributed by atoms with Gasteiger partial charge in [-0.25, -0.2) is 4.79 Å². The van der Waals surface area contributed by atoms with Crippen LogP contribution < -0.4 is 10.6 Å². The van der Waals surface area contributed by atoms with Gasteiger partial charge in [-0.05, 0) is 79.0 Å². The zero-order chi connectivity index (χ0) is 26.4. The fourth-order valence-corrected chi connectivity index (χ4v) is 3.43. The summed E-state index contributed by atoms with van der Waals surface area (Å²) >= 11 is 0. The van der Waals surface area contributed by atoms with Crippen molar-refractivity contribution in [2.45, 2.75) is 98.5 Å². The molecule has 2 unspecified atom stereocenters. The number of terminal acetylenes is 1. The summed E-state index contributed by atoms with van der Waals surface area (Å²) in [7, 11) is 0. The quantitative estimate of drug-likeness (QED) is 0.577. The average molecular weight is 472 g/mol. The van der Waals surface area contributed by atoms with Crippen molar-refractivity contribution in [2.75, 3.05) is 0 Å². The highest BCUT2D eigenvalue weighted by atomic mass is 16.6. The Balaban J connectivity index is 3.49. The predicted molar refractivity (Wildman–Crippen MR) is 135 cm³/mol. The maximum absolute atomic E-state index is 13.9. The van der Waals surface area contributed by atoms with Crippen LogP contribution in [0.1, 0.15) is 86.4 Å². The first-order valence-corrected chi connectivity index (χ1v) is 11.7. The van der Waals surface area contributed by atoms with Gasteiger partial charge in [-0.15, -0.1) is 6.42 Å². The predicted octanol–water partition coefficient (Wildman–Crippen LogP) is 4.41. The maximum atomic E-state index is 13.9. The third-order valence-electron chi connectivity index (χ3n) is 4.83. The molecule has 3 amide bonds. The van der Waals surface area contributed by atoms with E-state index in [2.05, 4.69) is 16.6 Å². The number of carbonyl (C=O) groups excluding carboxylic acids is 3. The molecule has 0 fully saturated rings. The number of nitrogens with zero attached hydrogens (tertiary/aromatic N) is 1. The first kappa shape index (κ1) is 29.0. The SMILES string of the molecule is C#Cc1ccc(C(C(=O)NC(C)(C)C)N(C(=O)C(NC(=O)OC(C)(C)C)C(C)C)C(C)C)cc1. The van der Waals surface area contributed by atoms with E-state index in [1.807, 2.05) is 48.5 Å². The molecule has 1 aromatic rings. The van der Waals surface area contributed by atoms with Gasteiger partial charge in [0.1, 0.15) is 17.7 Å². The molecule has 0 aliphatic carbocycles. The molecule has 1 rings (SSSR count). The molecule has 2 atom stereocenters. The first-order chi connectivity index (χ1) is 15.5. The summed E-state index contributed by atoms with van der Waals surface area (Å²) in [6, 6.07) is 4.88. The van der Waals surface area contributed by atoms with Gasteiger partial charge in [0.15, 0.2) is 0 Å². The summed E-state index contributed by atoms with van der Waals surface area (Å²) in [5.74, 6) is 1.64. The van der Waals surface area contributed by atoms with Crippen molar-refractivity contribution in [3.8, 4) is 12.3 Å². The highest BCUT2D eigenvalue weighted by Gasteiger charge is 2.39. The molecule has 0 spiro atoms. The van der Waals surface area contributed by atoms with Crippen LogP contribution in [0.15, 0.2) is 24.3 Å². The van der Waals surface area contributed by atoms with Crippen molar-refractivity contribution in [3.05, 3.63) is 35.4 Å². The zero-order valence-electron chi connectivity index (χ0n) is 22.3. The molecule has 0 aliphatic rings. The number of carbonyl (C=O) groups is 3. The maximum Gasteiger partial charge on any atom is 0.408 e. The minimum atomic E-state index is -0.916. The summed E-state index contributed by atoms with van der Waals surface area (Å²) in [5, 5.41) is 5.70. The average Bonchev–Trinajstić information content (AvgIpc) is 2.66. The van der Waals surface area contributed by atoms with Crippen LogP contribution in [0.4, 0.5) is 4.79 Å². The normalized spacial score (nSPS) is 13.6. The largest absolute Gasteiger partial charge is 0.444 e. The second-order valence-corrected chi connectivity index (χ2v) is 11.1. The Morgan fingerprint density at radius 3 is 1.88 bits per heavy atom. The van der Waals surface area contributed by atoms with Gasteiger partial charge in [-0.2, -0.15) is 0 Å². The third kappa shape index (κ3) is 8.74. The molecular formula is C27H41N3O4. The number of nitrogens with one attached hydrogen (secondary N) is 2. The first-order valence-electron chi connectivity index (χ1n) is 11.7. The second-order valence-electron chi connectivity index (χ2n) is 11.1. The van der Waals surface area contributed by atoms with Gasteiger partial charge in [0.2, 0.25) is 11.8 Å². The van der Waals surface area contributed by atoms with E-state index in [0.717, 1.165) is 0 Å². The standard InChI is InChI=1S/C27H41N3O4/c1-12-19-13-15-20(16-14-19)22(23(31)29-26(6,7)8)30(18(4)5)24(32)21(17(2)3)28-25(33)34-27(9,10)11/h1,13-18,21-22H,2-11H3,(H,28,33)(H,29,31). The molecule has 0 bridgehead atoms. The Morgan fingerprint density at radius 1 is 0.971 bits per heavy atom. The van der Waals surface area contributed by atoms with Crippen LogP contribution in [0.2, 0.25) is 0 Å². The van der Waals surface area contributed by atoms with E-state index >= 15 is 0 Å². The van der Waals surface area contributed by atoms with E-state index in [1.165, 1.54) is 4.90 Å². The van der Waals surface area contributed by atoms with Crippen LogP contribution in [0.5, 0.6) is 0 Å². The topological polar surface area (TPSA) is 87.7 Å². The van der Waals surface area contributed by atoms with Crippen molar-refractivity contribution in [3.63, 3.8) is 0 Å². The van der Waals surface area contributed by atoms with Gasteiger partial charge in [0.05, 0.1) is 0 Å². The van der Waals surface area contributed by atoms with E-state index in [4.69, 9.17) is 11.2 Å². The monoisotopic (exact) mass is 471 g/mol. The van der Waals surface area contributed by atoms with Crippen molar-refractivity contribution >= 4 is 17.9 Å². The molecule has 0 saturated carbocycles. The Hall–Kier alpha value is -3.01. The molecule has 1 aromatic carbocycles. The minimum absolute atomic E-state index is 0.239. The lowest BCUT2D eigenvalue weighted by molar-refractivity contribution is -0.146. The second kappa shape index (κ2) is 11.4. The molecule has 2 N–H and O–H groups in total. The summed E-state index contributed by atoms with van der Waals surface area (Å²) in [6.07, 6.45) is 4.81. The van der Waals surface area contributed by atoms with Crippen molar-refractivity contribution < 1.29 is 19.1 Å². The minimum Gasteiger partial charge on any atom is -0.444 e. The van der Waals surface area contributed by atoms with Crippen LogP contribution in [0.3, 0.4) is 0 Å². The zero-order valence-corrected chi connectivity index (χ0v) is 22.3. The van der Waals surface area contributed by atoms with Gasteiger partial charge in [-0.3, -0.25) is 9.59 Å². The Kier molecular flexibility index (Phi) is 9.74. The van der Waals surface area contributed by atoms with Gasteiger partial charge in [0, 0.05) is 17.1 Å². The molecule has 0 radical (unpaired) electrons. The van der Waals surface area contributed by atoms with Gasteiger partial charge < -0.3 is 20.3 Å². The molecule has 0 aliphatic heterocycles. The molecule has 0 aromatic heterocycles. The van der Waals surface area contributed by atoms with Gasteiger partial charge >= 0.3 is 6.09 Å². The van der Waals surface area contributed by atoms with Crippen molar-refractivity contribution in [2.24, 2.45) is 5.92 Å². The number of amides is 3. The van der Waals surface area contributed by atoms with E-state index in [0.29, 0.717) is 11.1 Å². The van der Waals surface area contributed by atoms with Crippen LogP contribution in [0, 0.1) is 18.3 Å². The third-order valence-corrected chi connectivity index (χ3v) is 4.83. The molecular weight excluding hydrogens is 430 g/mol. The van der Waals surface area contributed by atoms with E-state index < -0.39 is 29.3 Å². The molecule has 7 heteroatoms. The lowest BCUT2D eigenvalue weighted by Crippen LogP contribution is -2.57. The van der Waals surface area contributed by atoms with E-state index in [1.54, 1.807) is 45.0 Å². The van der Waals surface area contributed by atoms with Crippen molar-refractivity contribution in [1.82, 2.24) is 15.5 Å². The summed E-state index contributed by atoms with van der Waals surface area (Å²) in [5.41, 5.74) is 0.0853. The lowest BCUT2D eigenvalue weighted by Gasteiger charge is -2.39. The molecule has 0 heterocycles. The van der Waals surface area contributed by atoms with Crippen LogP contribution in [-0.2, 0) is 14.3 Å². The number of alkyl carbamates (subject to hydrolysis) is 1. The number of rotatable bonds is 7. The number of hydrogen-bond acceptors (Lipinski definition) is 4. The van der Waals surface area contributed by atoms with Gasteiger partial charge in [-0.1, -0.05) is 31.9 Å². The summed E-state index contributed by atoms with van der Waals surface area (Å²) < 4.78 is 5.37. The van der Waals surface area contributed by atoms with Crippen LogP contribution in [0.25, 0.3) is 0 Å². The molecule has 0 saturated heterocycles. The Labute approximate surface area is 205 Å². The summed E-state index contributed by atoms with van der Waals surface area (Å²) in [6.45, 7) is 18.3. The van der Waals surface area contributed by atoms with Gasteiger partial charge in [0.25, 0.3) is 0 Å². The number of benzene rings is 1. The highest BCUT2D eigenvalue weighted by molar-refractivity contribution is 5.92. The van der Waals surface area contributed by atoms with Crippen molar-refractivity contribution in [1.29, 1.82) is 0 Å². The number of hydrogen-bond donors (Lipinski definition) is 2. The lowest BCUT2D eigenvalue weighted by atomic mass is 9.96. The fourth-order valence-electron chi connectivity index (χ4n) is 3.43. The van der Waals surface area contributed by atoms with Crippen LogP contribution >= 0.6 is 0 Å². The highest BCUT2D eigenvalue weighted by Crippen LogP contribution is 2.27. The molecule has 34 heavy (non-hydrogen) atoms. The number of ether oxygens (including phenoxy) is 1. The smallest absolute Gasteiger partial charge is 0.408 e. The molecule has 7 nitrogen and oxygen atoms in total. The van der Waals surface area contributed by atoms with Crippen LogP contribution in [-0.4, -0.2) is 46.0 Å². The Bertz CT molecular complexity index is 900. The van der Waals surface area contributed by atoms with E-state index in [9.17, 15) is 14.4 Å². The fraction of sp³-hybridized carbons (Fsp3) is 0.593. The molecule has 188 valence electrons.